The third kappa shape index (κ3) is 6.96. The van der Waals surface area contributed by atoms with Crippen molar-refractivity contribution in [1.82, 2.24) is 10.6 Å². The Morgan fingerprint density at radius 1 is 1.37 bits per heavy atom. The highest BCUT2D eigenvalue weighted by atomic mass is 16.5. The molecule has 0 saturated carbocycles. The van der Waals surface area contributed by atoms with Crippen LogP contribution in [0.3, 0.4) is 0 Å². The zero-order valence-corrected chi connectivity index (χ0v) is 12.4. The number of amides is 1. The van der Waals surface area contributed by atoms with Gasteiger partial charge in [0.2, 0.25) is 5.91 Å². The Morgan fingerprint density at radius 3 is 2.47 bits per heavy atom. The van der Waals surface area contributed by atoms with Crippen molar-refractivity contribution in [1.29, 1.82) is 0 Å². The number of hydrogen-bond acceptors (Lipinski definition) is 4. The van der Waals surface area contributed by atoms with Crippen LogP contribution in [0.15, 0.2) is 12.7 Å². The molecule has 0 fully saturated rings. The molecule has 0 radical (unpaired) electrons. The molecule has 0 aliphatic heterocycles. The van der Waals surface area contributed by atoms with Gasteiger partial charge in [-0.1, -0.05) is 13.0 Å². The zero-order chi connectivity index (χ0) is 14.8. The fourth-order valence-corrected chi connectivity index (χ4v) is 1.71. The van der Waals surface area contributed by atoms with Crippen LogP contribution in [-0.4, -0.2) is 38.1 Å². The second-order valence-corrected chi connectivity index (χ2v) is 4.80. The van der Waals surface area contributed by atoms with E-state index in [1.54, 1.807) is 14.0 Å². The van der Waals surface area contributed by atoms with Crippen molar-refractivity contribution in [2.75, 3.05) is 14.2 Å². The van der Waals surface area contributed by atoms with Crippen LogP contribution >= 0.6 is 0 Å². The Morgan fingerprint density at radius 2 is 2.00 bits per heavy atom. The van der Waals surface area contributed by atoms with E-state index >= 15 is 0 Å². The molecular weight excluding hydrogens is 244 g/mol. The first kappa shape index (κ1) is 17.6. The molecule has 0 aromatic rings. The lowest BCUT2D eigenvalue weighted by atomic mass is 9.96. The van der Waals surface area contributed by atoms with Crippen LogP contribution in [0.5, 0.6) is 0 Å². The Labute approximate surface area is 115 Å². The molecule has 0 rings (SSSR count). The fraction of sp³-hybridized carbons (Fsp3) is 0.714. The van der Waals surface area contributed by atoms with E-state index in [1.165, 1.54) is 7.11 Å². The van der Waals surface area contributed by atoms with Gasteiger partial charge in [-0.05, 0) is 39.2 Å². The normalized spacial score (nSPS) is 15.2. The SMILES string of the molecule is C=CCCC(C)CC(NC(=O)[C@H](C)NC)C(=O)OC. The number of hydrogen-bond donors (Lipinski definition) is 2. The summed E-state index contributed by atoms with van der Waals surface area (Å²) in [5.41, 5.74) is 0. The van der Waals surface area contributed by atoms with Gasteiger partial charge in [0.15, 0.2) is 0 Å². The van der Waals surface area contributed by atoms with Gasteiger partial charge in [-0.3, -0.25) is 4.79 Å². The summed E-state index contributed by atoms with van der Waals surface area (Å²) < 4.78 is 4.74. The van der Waals surface area contributed by atoms with Crippen LogP contribution in [0.4, 0.5) is 0 Å². The summed E-state index contributed by atoms with van der Waals surface area (Å²) in [5.74, 6) is -0.289. The number of nitrogens with one attached hydrogen (secondary N) is 2. The van der Waals surface area contributed by atoms with Crippen LogP contribution in [0.1, 0.15) is 33.1 Å². The summed E-state index contributed by atoms with van der Waals surface area (Å²) in [7, 11) is 3.03. The third-order valence-electron chi connectivity index (χ3n) is 3.13. The number of likely N-dealkylation sites (N-methyl/N-ethyl adjacent to an activating group) is 1. The lowest BCUT2D eigenvalue weighted by molar-refractivity contribution is -0.145. The van der Waals surface area contributed by atoms with E-state index in [0.717, 1.165) is 12.8 Å². The summed E-state index contributed by atoms with van der Waals surface area (Å²) in [6, 6.07) is -0.927. The third-order valence-corrected chi connectivity index (χ3v) is 3.13. The molecule has 3 atom stereocenters. The fourth-order valence-electron chi connectivity index (χ4n) is 1.71. The number of ether oxygens (including phenoxy) is 1. The second kappa shape index (κ2) is 9.55. The highest BCUT2D eigenvalue weighted by Crippen LogP contribution is 2.14. The molecule has 0 bridgehead atoms. The van der Waals surface area contributed by atoms with Gasteiger partial charge >= 0.3 is 5.97 Å². The molecule has 1 amide bonds. The number of methoxy groups -OCH3 is 1. The first-order valence-electron chi connectivity index (χ1n) is 6.62. The topological polar surface area (TPSA) is 67.4 Å². The Hall–Kier alpha value is -1.36. The molecule has 0 aliphatic rings. The molecule has 0 aliphatic carbocycles. The molecule has 19 heavy (non-hydrogen) atoms. The van der Waals surface area contributed by atoms with Gasteiger partial charge in [-0.15, -0.1) is 6.58 Å². The minimum atomic E-state index is -0.590. The molecule has 0 aromatic heterocycles. The van der Waals surface area contributed by atoms with Crippen molar-refractivity contribution < 1.29 is 14.3 Å². The van der Waals surface area contributed by atoms with E-state index in [4.69, 9.17) is 4.74 Å². The van der Waals surface area contributed by atoms with Crippen LogP contribution < -0.4 is 10.6 Å². The molecule has 110 valence electrons. The van der Waals surface area contributed by atoms with E-state index < -0.39 is 12.0 Å². The molecule has 2 N–H and O–H groups in total. The highest BCUT2D eigenvalue weighted by Gasteiger charge is 2.25. The summed E-state index contributed by atoms with van der Waals surface area (Å²) >= 11 is 0. The first-order chi connectivity index (χ1) is 8.96. The van der Waals surface area contributed by atoms with Crippen molar-refractivity contribution in [3.8, 4) is 0 Å². The predicted molar refractivity (Wildman–Crippen MR) is 75.7 cm³/mol. The maximum Gasteiger partial charge on any atom is 0.328 e. The maximum atomic E-state index is 11.8. The molecule has 5 nitrogen and oxygen atoms in total. The number of rotatable bonds is 9. The van der Waals surface area contributed by atoms with Crippen LogP contribution in [-0.2, 0) is 14.3 Å². The lowest BCUT2D eigenvalue weighted by Gasteiger charge is -2.21. The van der Waals surface area contributed by atoms with Crippen molar-refractivity contribution in [2.45, 2.75) is 45.2 Å². The van der Waals surface area contributed by atoms with Crippen LogP contribution in [0.2, 0.25) is 0 Å². The number of esters is 1. The van der Waals surface area contributed by atoms with E-state index in [2.05, 4.69) is 17.2 Å². The molecule has 5 heteroatoms. The van der Waals surface area contributed by atoms with E-state index in [1.807, 2.05) is 13.0 Å². The van der Waals surface area contributed by atoms with Gasteiger partial charge in [0.1, 0.15) is 6.04 Å². The van der Waals surface area contributed by atoms with Gasteiger partial charge in [-0.2, -0.15) is 0 Å². The Balaban J connectivity index is 4.50. The Bertz CT molecular complexity index is 305. The smallest absolute Gasteiger partial charge is 0.328 e. The summed E-state index contributed by atoms with van der Waals surface area (Å²) in [6.07, 6.45) is 4.26. The van der Waals surface area contributed by atoms with Gasteiger partial charge in [-0.25, -0.2) is 4.79 Å². The molecule has 0 spiro atoms. The van der Waals surface area contributed by atoms with Crippen molar-refractivity contribution in [3.05, 3.63) is 12.7 Å². The van der Waals surface area contributed by atoms with E-state index in [0.29, 0.717) is 12.3 Å². The van der Waals surface area contributed by atoms with E-state index in [-0.39, 0.29) is 11.9 Å². The highest BCUT2D eigenvalue weighted by molar-refractivity contribution is 5.87. The van der Waals surface area contributed by atoms with Crippen LogP contribution in [0.25, 0.3) is 0 Å². The number of carbonyl (C=O) groups excluding carboxylic acids is 2. The van der Waals surface area contributed by atoms with Gasteiger partial charge < -0.3 is 15.4 Å². The minimum Gasteiger partial charge on any atom is -0.467 e. The molecule has 0 saturated heterocycles. The predicted octanol–water partition coefficient (Wildman–Crippen LogP) is 1.24. The molecular formula is C14H26N2O3. The summed E-state index contributed by atoms with van der Waals surface area (Å²) in [6.45, 7) is 7.47. The number of allylic oxidation sites excluding steroid dienone is 1. The average Bonchev–Trinajstić information content (AvgIpc) is 2.42. The van der Waals surface area contributed by atoms with Gasteiger partial charge in [0.05, 0.1) is 13.2 Å². The Kier molecular flexibility index (Phi) is 8.87. The average molecular weight is 270 g/mol. The largest absolute Gasteiger partial charge is 0.467 e. The zero-order valence-electron chi connectivity index (χ0n) is 12.4. The van der Waals surface area contributed by atoms with Gasteiger partial charge in [0, 0.05) is 0 Å². The van der Waals surface area contributed by atoms with Crippen molar-refractivity contribution in [3.63, 3.8) is 0 Å². The van der Waals surface area contributed by atoms with Crippen molar-refractivity contribution in [2.24, 2.45) is 5.92 Å². The molecule has 2 unspecified atom stereocenters. The summed E-state index contributed by atoms with van der Waals surface area (Å²) in [4.78, 5) is 23.5. The standard InChI is InChI=1S/C14H26N2O3/c1-6-7-8-10(2)9-12(14(18)19-5)16-13(17)11(3)15-4/h6,10-12,15H,1,7-9H2,2-5H3,(H,16,17)/t10?,11-,12?/m0/s1. The van der Waals surface area contributed by atoms with Gasteiger partial charge in [0.25, 0.3) is 0 Å². The summed E-state index contributed by atoms with van der Waals surface area (Å²) in [5, 5.41) is 5.56. The maximum absolute atomic E-state index is 11.8. The first-order valence-corrected chi connectivity index (χ1v) is 6.62. The van der Waals surface area contributed by atoms with Crippen molar-refractivity contribution >= 4 is 11.9 Å². The molecule has 0 heterocycles. The second-order valence-electron chi connectivity index (χ2n) is 4.80. The minimum absolute atomic E-state index is 0.200. The van der Waals surface area contributed by atoms with E-state index in [9.17, 15) is 9.59 Å². The monoisotopic (exact) mass is 270 g/mol. The van der Waals surface area contributed by atoms with Crippen LogP contribution in [0, 0.1) is 5.92 Å². The lowest BCUT2D eigenvalue weighted by Crippen LogP contribution is -2.49. The molecule has 0 aromatic carbocycles. The quantitative estimate of drug-likeness (QED) is 0.489. The number of carbonyl (C=O) groups is 2.